The molecule has 1 unspecified atom stereocenters. The van der Waals surface area contributed by atoms with E-state index in [1.807, 2.05) is 0 Å². The highest BCUT2D eigenvalue weighted by atomic mass is 19.3. The van der Waals surface area contributed by atoms with Gasteiger partial charge in [0.2, 0.25) is 5.91 Å². The van der Waals surface area contributed by atoms with Crippen LogP contribution >= 0.6 is 0 Å². The Morgan fingerprint density at radius 1 is 1.00 bits per heavy atom. The maximum Gasteiger partial charge on any atom is 0.387 e. The van der Waals surface area contributed by atoms with Crippen molar-refractivity contribution in [2.45, 2.75) is 31.5 Å². The van der Waals surface area contributed by atoms with Crippen LogP contribution in [0, 0.1) is 0 Å². The van der Waals surface area contributed by atoms with Gasteiger partial charge in [-0.2, -0.15) is 8.78 Å². The molecular formula is C26H23F4N3O5. The summed E-state index contributed by atoms with van der Waals surface area (Å²) in [6, 6.07) is 13.4. The molecule has 0 bridgehead atoms. The van der Waals surface area contributed by atoms with Crippen molar-refractivity contribution in [1.29, 1.82) is 0 Å². The van der Waals surface area contributed by atoms with Crippen molar-refractivity contribution in [3.05, 3.63) is 88.3 Å². The number of alkyl halides is 4. The van der Waals surface area contributed by atoms with E-state index in [2.05, 4.69) is 10.1 Å². The number of aromatic nitrogens is 1. The van der Waals surface area contributed by atoms with Crippen LogP contribution in [0.5, 0.6) is 11.5 Å². The van der Waals surface area contributed by atoms with Gasteiger partial charge in [0.05, 0.1) is 13.7 Å². The van der Waals surface area contributed by atoms with Crippen molar-refractivity contribution in [3.63, 3.8) is 0 Å². The van der Waals surface area contributed by atoms with E-state index >= 15 is 0 Å². The minimum Gasteiger partial charge on any atom is -0.497 e. The van der Waals surface area contributed by atoms with Gasteiger partial charge in [-0.05, 0) is 54.1 Å². The molecule has 1 N–H and O–H groups in total. The van der Waals surface area contributed by atoms with Gasteiger partial charge in [-0.25, -0.2) is 8.78 Å². The fourth-order valence-corrected chi connectivity index (χ4v) is 4.29. The second-order valence-corrected chi connectivity index (χ2v) is 8.42. The first-order valence-corrected chi connectivity index (χ1v) is 11.5. The molecule has 4 rings (SSSR count). The molecule has 1 aliphatic heterocycles. The fourth-order valence-electron chi connectivity index (χ4n) is 4.29. The molecule has 8 nitrogen and oxygen atoms in total. The Labute approximate surface area is 214 Å². The first kappa shape index (κ1) is 26.7. The number of nitrogens with zero attached hydrogens (tertiary/aromatic N) is 2. The zero-order valence-corrected chi connectivity index (χ0v) is 20.0. The number of carbonyl (C=O) groups is 2. The zero-order chi connectivity index (χ0) is 27.4. The number of benzene rings is 2. The average Bonchev–Trinajstić information content (AvgIpc) is 3.20. The molecule has 12 heteroatoms. The predicted molar refractivity (Wildman–Crippen MR) is 129 cm³/mol. The number of methoxy groups -OCH3 is 1. The summed E-state index contributed by atoms with van der Waals surface area (Å²) in [5.74, 6) is -1.44. The van der Waals surface area contributed by atoms with Gasteiger partial charge in [-0.15, -0.1) is 0 Å². The van der Waals surface area contributed by atoms with Crippen LogP contribution < -0.4 is 25.2 Å². The molecule has 200 valence electrons. The third-order valence-corrected chi connectivity index (χ3v) is 6.11. The molecule has 1 fully saturated rings. The van der Waals surface area contributed by atoms with Crippen molar-refractivity contribution in [3.8, 4) is 11.5 Å². The summed E-state index contributed by atoms with van der Waals surface area (Å²) in [6.45, 7) is -3.86. The summed E-state index contributed by atoms with van der Waals surface area (Å²) in [6.07, 6.45) is -1.56. The number of carbonyl (C=O) groups excluding carboxylic acids is 2. The minimum absolute atomic E-state index is 0.00872. The van der Waals surface area contributed by atoms with Crippen LogP contribution in [0.2, 0.25) is 0 Å². The standard InChI is InChI=1S/C26H23F4N3O5/c1-37-17-8-4-15(5-9-17)19-13-33(20-3-2-12-32(24(20)35)14-21(27)28)25(36)22(19)31-23(34)16-6-10-18(11-7-16)38-26(29)30/h2-12,19,21-22,26H,13-14H2,1H3,(H,31,34)/t19-,22?/m0/s1. The van der Waals surface area contributed by atoms with E-state index in [9.17, 15) is 31.9 Å². The Morgan fingerprint density at radius 3 is 2.26 bits per heavy atom. The quantitative estimate of drug-likeness (QED) is 0.424. The number of hydrogen-bond acceptors (Lipinski definition) is 5. The van der Waals surface area contributed by atoms with Crippen LogP contribution in [-0.2, 0) is 11.3 Å². The molecule has 2 heterocycles. The van der Waals surface area contributed by atoms with E-state index in [4.69, 9.17) is 4.74 Å². The lowest BCUT2D eigenvalue weighted by atomic mass is 9.93. The van der Waals surface area contributed by atoms with Crippen molar-refractivity contribution in [2.75, 3.05) is 18.6 Å². The number of anilines is 1. The van der Waals surface area contributed by atoms with Crippen LogP contribution in [0.4, 0.5) is 23.2 Å². The molecule has 0 spiro atoms. The number of hydrogen-bond donors (Lipinski definition) is 1. The number of ether oxygens (including phenoxy) is 2. The highest BCUT2D eigenvalue weighted by Gasteiger charge is 2.43. The number of rotatable bonds is 9. The summed E-state index contributed by atoms with van der Waals surface area (Å²) in [5.41, 5.74) is -0.111. The van der Waals surface area contributed by atoms with E-state index in [0.29, 0.717) is 11.3 Å². The molecule has 38 heavy (non-hydrogen) atoms. The average molecular weight is 533 g/mol. The van der Waals surface area contributed by atoms with E-state index in [0.717, 1.165) is 4.57 Å². The highest BCUT2D eigenvalue weighted by Crippen LogP contribution is 2.32. The largest absolute Gasteiger partial charge is 0.497 e. The number of amides is 2. The predicted octanol–water partition coefficient (Wildman–Crippen LogP) is 3.65. The molecule has 1 aliphatic rings. The van der Waals surface area contributed by atoms with E-state index in [1.165, 1.54) is 54.6 Å². The topological polar surface area (TPSA) is 89.9 Å². The molecule has 2 amide bonds. The maximum atomic E-state index is 13.5. The Bertz CT molecular complexity index is 1350. The second kappa shape index (κ2) is 11.4. The smallest absolute Gasteiger partial charge is 0.387 e. The Morgan fingerprint density at radius 2 is 1.66 bits per heavy atom. The Kier molecular flexibility index (Phi) is 7.99. The first-order chi connectivity index (χ1) is 18.2. The van der Waals surface area contributed by atoms with Crippen LogP contribution in [-0.4, -0.2) is 49.1 Å². The normalized spacial score (nSPS) is 17.2. The summed E-state index contributed by atoms with van der Waals surface area (Å²) in [4.78, 5) is 40.6. The van der Waals surface area contributed by atoms with Gasteiger partial charge in [-0.1, -0.05) is 12.1 Å². The van der Waals surface area contributed by atoms with Gasteiger partial charge in [0, 0.05) is 24.2 Å². The minimum atomic E-state index is -3.02. The van der Waals surface area contributed by atoms with Gasteiger partial charge in [0.1, 0.15) is 23.2 Å². The third-order valence-electron chi connectivity index (χ3n) is 6.11. The number of halogens is 4. The van der Waals surface area contributed by atoms with Crippen LogP contribution in [0.3, 0.4) is 0 Å². The maximum absolute atomic E-state index is 13.5. The lowest BCUT2D eigenvalue weighted by molar-refractivity contribution is -0.118. The lowest BCUT2D eigenvalue weighted by Crippen LogP contribution is -2.44. The van der Waals surface area contributed by atoms with E-state index < -0.39 is 48.9 Å². The summed E-state index contributed by atoms with van der Waals surface area (Å²) < 4.78 is 61.0. The van der Waals surface area contributed by atoms with Crippen LogP contribution in [0.1, 0.15) is 21.8 Å². The molecule has 0 saturated carbocycles. The molecular weight excluding hydrogens is 510 g/mol. The molecule has 1 aromatic heterocycles. The summed E-state index contributed by atoms with van der Waals surface area (Å²) in [5, 5.41) is 2.67. The van der Waals surface area contributed by atoms with Crippen molar-refractivity contribution in [1.82, 2.24) is 9.88 Å². The molecule has 3 aromatic rings. The highest BCUT2D eigenvalue weighted by molar-refractivity contribution is 6.05. The van der Waals surface area contributed by atoms with Gasteiger partial charge in [0.25, 0.3) is 17.9 Å². The van der Waals surface area contributed by atoms with Crippen molar-refractivity contribution >= 4 is 17.5 Å². The van der Waals surface area contributed by atoms with Gasteiger partial charge in [-0.3, -0.25) is 14.4 Å². The van der Waals surface area contributed by atoms with Gasteiger partial charge >= 0.3 is 6.61 Å². The van der Waals surface area contributed by atoms with E-state index in [-0.39, 0.29) is 23.5 Å². The fraction of sp³-hybridized carbons (Fsp3) is 0.269. The number of nitrogens with one attached hydrogen (secondary N) is 1. The van der Waals surface area contributed by atoms with Crippen molar-refractivity contribution in [2.24, 2.45) is 0 Å². The molecule has 2 atom stereocenters. The SMILES string of the molecule is COc1ccc([C@@H]2CN(c3cccn(CC(F)F)c3=O)C(=O)C2NC(=O)c2ccc(OC(F)F)cc2)cc1. The second-order valence-electron chi connectivity index (χ2n) is 8.42. The van der Waals surface area contributed by atoms with Gasteiger partial charge in [0.15, 0.2) is 0 Å². The van der Waals surface area contributed by atoms with Crippen molar-refractivity contribution < 1.29 is 36.6 Å². The van der Waals surface area contributed by atoms with E-state index in [1.54, 1.807) is 24.3 Å². The van der Waals surface area contributed by atoms with Gasteiger partial charge < -0.3 is 24.3 Å². The molecule has 0 aliphatic carbocycles. The van der Waals surface area contributed by atoms with Crippen LogP contribution in [0.25, 0.3) is 0 Å². The molecule has 1 saturated heterocycles. The Balaban J connectivity index is 1.65. The zero-order valence-electron chi connectivity index (χ0n) is 20.0. The summed E-state index contributed by atoms with van der Waals surface area (Å²) in [7, 11) is 1.50. The lowest BCUT2D eigenvalue weighted by Gasteiger charge is -2.19. The first-order valence-electron chi connectivity index (χ1n) is 11.5. The molecule has 0 radical (unpaired) electrons. The van der Waals surface area contributed by atoms with Crippen LogP contribution in [0.15, 0.2) is 71.7 Å². The molecule has 2 aromatic carbocycles. The summed E-state index contributed by atoms with van der Waals surface area (Å²) >= 11 is 0. The number of pyridine rings is 1. The third kappa shape index (κ3) is 5.79. The Hall–Kier alpha value is -4.35. The monoisotopic (exact) mass is 533 g/mol.